The first-order valence-corrected chi connectivity index (χ1v) is 8.43. The molecule has 6 heteroatoms. The molecule has 114 valence electrons. The lowest BCUT2D eigenvalue weighted by atomic mass is 9.98. The maximum Gasteiger partial charge on any atom is 0.242 e. The molecule has 0 aliphatic heterocycles. The number of nitrogens with one attached hydrogen (secondary N) is 2. The van der Waals surface area contributed by atoms with Gasteiger partial charge >= 0.3 is 0 Å². The summed E-state index contributed by atoms with van der Waals surface area (Å²) < 4.78 is 26.8. The van der Waals surface area contributed by atoms with E-state index in [2.05, 4.69) is 28.8 Å². The lowest BCUT2D eigenvalue weighted by Gasteiger charge is -2.12. The van der Waals surface area contributed by atoms with Crippen LogP contribution in [0.5, 0.6) is 0 Å². The van der Waals surface area contributed by atoms with E-state index in [1.54, 1.807) is 6.07 Å². The van der Waals surface area contributed by atoms with Crippen LogP contribution >= 0.6 is 0 Å². The topological polar surface area (TPSA) is 88.0 Å². The SMILES string of the molecule is CC(CCNS(=O)(=O)c1c[nH]c(CN)c1)c1ccccc1. The number of sulfonamides is 1. The van der Waals surface area contributed by atoms with Crippen LogP contribution in [0.1, 0.15) is 30.5 Å². The van der Waals surface area contributed by atoms with Gasteiger partial charge in [0.1, 0.15) is 0 Å². The highest BCUT2D eigenvalue weighted by Crippen LogP contribution is 2.18. The van der Waals surface area contributed by atoms with Crippen LogP contribution < -0.4 is 10.5 Å². The zero-order chi connectivity index (χ0) is 15.3. The Morgan fingerprint density at radius 2 is 2.00 bits per heavy atom. The molecule has 2 rings (SSSR count). The van der Waals surface area contributed by atoms with Crippen molar-refractivity contribution in [1.29, 1.82) is 0 Å². The van der Waals surface area contributed by atoms with Crippen molar-refractivity contribution in [1.82, 2.24) is 9.71 Å². The van der Waals surface area contributed by atoms with Crippen LogP contribution in [-0.4, -0.2) is 19.9 Å². The van der Waals surface area contributed by atoms with Crippen LogP contribution in [0.4, 0.5) is 0 Å². The third-order valence-electron chi connectivity index (χ3n) is 3.48. The van der Waals surface area contributed by atoms with E-state index in [1.807, 2.05) is 18.2 Å². The highest BCUT2D eigenvalue weighted by Gasteiger charge is 2.16. The summed E-state index contributed by atoms with van der Waals surface area (Å²) in [4.78, 5) is 3.07. The van der Waals surface area contributed by atoms with Crippen molar-refractivity contribution in [2.24, 2.45) is 5.73 Å². The van der Waals surface area contributed by atoms with Crippen LogP contribution in [-0.2, 0) is 16.6 Å². The second kappa shape index (κ2) is 6.89. The smallest absolute Gasteiger partial charge is 0.242 e. The highest BCUT2D eigenvalue weighted by atomic mass is 32.2. The van der Waals surface area contributed by atoms with Crippen LogP contribution in [0, 0.1) is 0 Å². The summed E-state index contributed by atoms with van der Waals surface area (Å²) in [5.74, 6) is 0.305. The lowest BCUT2D eigenvalue weighted by molar-refractivity contribution is 0.572. The average molecular weight is 307 g/mol. The Bertz CT molecular complexity index is 665. The number of aromatic nitrogens is 1. The van der Waals surface area contributed by atoms with Gasteiger partial charge in [-0.3, -0.25) is 0 Å². The van der Waals surface area contributed by atoms with Gasteiger partial charge in [0, 0.05) is 25.0 Å². The molecule has 0 spiro atoms. The van der Waals surface area contributed by atoms with E-state index in [0.29, 0.717) is 24.7 Å². The zero-order valence-electron chi connectivity index (χ0n) is 12.0. The number of hydrogen-bond donors (Lipinski definition) is 3. The van der Waals surface area contributed by atoms with E-state index < -0.39 is 10.0 Å². The fraction of sp³-hybridized carbons (Fsp3) is 0.333. The molecule has 5 nitrogen and oxygen atoms in total. The molecule has 0 amide bonds. The van der Waals surface area contributed by atoms with Gasteiger partial charge in [-0.05, 0) is 24.0 Å². The predicted octanol–water partition coefficient (Wildman–Crippen LogP) is 1.95. The molecule has 1 unspecified atom stereocenters. The van der Waals surface area contributed by atoms with Gasteiger partial charge in [-0.2, -0.15) is 0 Å². The molecule has 1 aromatic carbocycles. The summed E-state index contributed by atoms with van der Waals surface area (Å²) in [6.45, 7) is 2.79. The standard InChI is InChI=1S/C15H21N3O2S/c1-12(13-5-3-2-4-6-13)7-8-18-21(19,20)15-9-14(10-16)17-11-15/h2-6,9,11-12,17-18H,7-8,10,16H2,1H3. The third-order valence-corrected chi connectivity index (χ3v) is 4.93. The molecule has 0 radical (unpaired) electrons. The van der Waals surface area contributed by atoms with Gasteiger partial charge in [0.15, 0.2) is 0 Å². The maximum atomic E-state index is 12.1. The fourth-order valence-electron chi connectivity index (χ4n) is 2.13. The molecule has 0 saturated carbocycles. The average Bonchev–Trinajstić information content (AvgIpc) is 2.98. The summed E-state index contributed by atoms with van der Waals surface area (Å²) in [5, 5.41) is 0. The largest absolute Gasteiger partial charge is 0.363 e. The first kappa shape index (κ1) is 15.8. The Morgan fingerprint density at radius 1 is 1.29 bits per heavy atom. The molecule has 21 heavy (non-hydrogen) atoms. The second-order valence-electron chi connectivity index (χ2n) is 5.06. The zero-order valence-corrected chi connectivity index (χ0v) is 12.9. The summed E-state index contributed by atoms with van der Waals surface area (Å²) >= 11 is 0. The number of rotatable bonds is 7. The molecule has 2 aromatic rings. The molecule has 4 N–H and O–H groups in total. The van der Waals surface area contributed by atoms with Gasteiger partial charge in [-0.25, -0.2) is 13.1 Å². The number of hydrogen-bond acceptors (Lipinski definition) is 3. The Morgan fingerprint density at radius 3 is 2.62 bits per heavy atom. The minimum atomic E-state index is -3.46. The number of nitrogens with two attached hydrogens (primary N) is 1. The summed E-state index contributed by atoms with van der Waals surface area (Å²) in [6.07, 6.45) is 2.21. The van der Waals surface area contributed by atoms with Crippen molar-refractivity contribution in [2.75, 3.05) is 6.54 Å². The minimum Gasteiger partial charge on any atom is -0.363 e. The highest BCUT2D eigenvalue weighted by molar-refractivity contribution is 7.89. The molecule has 0 aliphatic rings. The van der Waals surface area contributed by atoms with E-state index in [1.165, 1.54) is 11.8 Å². The van der Waals surface area contributed by atoms with E-state index in [-0.39, 0.29) is 4.90 Å². The predicted molar refractivity (Wildman–Crippen MR) is 83.3 cm³/mol. The molecule has 0 aliphatic carbocycles. The van der Waals surface area contributed by atoms with Crippen molar-refractivity contribution >= 4 is 10.0 Å². The summed E-state index contributed by atoms with van der Waals surface area (Å²) in [6, 6.07) is 11.6. The molecule has 0 saturated heterocycles. The lowest BCUT2D eigenvalue weighted by Crippen LogP contribution is -2.25. The van der Waals surface area contributed by atoms with Crippen LogP contribution in [0.15, 0.2) is 47.5 Å². The summed E-state index contributed by atoms with van der Waals surface area (Å²) in [7, 11) is -3.46. The number of aromatic amines is 1. The van der Waals surface area contributed by atoms with Crippen molar-refractivity contribution < 1.29 is 8.42 Å². The third kappa shape index (κ3) is 4.17. The van der Waals surface area contributed by atoms with E-state index in [9.17, 15) is 8.42 Å². The van der Waals surface area contributed by atoms with E-state index >= 15 is 0 Å². The monoisotopic (exact) mass is 307 g/mol. The van der Waals surface area contributed by atoms with Crippen LogP contribution in [0.3, 0.4) is 0 Å². The number of H-pyrrole nitrogens is 1. The van der Waals surface area contributed by atoms with Crippen LogP contribution in [0.2, 0.25) is 0 Å². The van der Waals surface area contributed by atoms with E-state index in [4.69, 9.17) is 5.73 Å². The molecule has 1 atom stereocenters. The van der Waals surface area contributed by atoms with Crippen LogP contribution in [0.25, 0.3) is 0 Å². The van der Waals surface area contributed by atoms with Crippen molar-refractivity contribution in [2.45, 2.75) is 30.7 Å². The molecule has 1 heterocycles. The van der Waals surface area contributed by atoms with Gasteiger partial charge < -0.3 is 10.7 Å². The van der Waals surface area contributed by atoms with Crippen molar-refractivity contribution in [3.63, 3.8) is 0 Å². The van der Waals surface area contributed by atoms with Gasteiger partial charge in [-0.15, -0.1) is 0 Å². The Balaban J connectivity index is 1.90. The van der Waals surface area contributed by atoms with E-state index in [0.717, 1.165) is 6.42 Å². The minimum absolute atomic E-state index is 0.232. The Kier molecular flexibility index (Phi) is 5.17. The van der Waals surface area contributed by atoms with Crippen molar-refractivity contribution in [3.05, 3.63) is 53.9 Å². The first-order chi connectivity index (χ1) is 10.0. The van der Waals surface area contributed by atoms with Gasteiger partial charge in [0.2, 0.25) is 10.0 Å². The number of benzene rings is 1. The second-order valence-corrected chi connectivity index (χ2v) is 6.83. The Labute approximate surface area is 125 Å². The van der Waals surface area contributed by atoms with Gasteiger partial charge in [-0.1, -0.05) is 37.3 Å². The molecular formula is C15H21N3O2S. The fourth-order valence-corrected chi connectivity index (χ4v) is 3.20. The molecule has 0 fully saturated rings. The van der Waals surface area contributed by atoms with Crippen molar-refractivity contribution in [3.8, 4) is 0 Å². The molecule has 0 bridgehead atoms. The molecular weight excluding hydrogens is 286 g/mol. The first-order valence-electron chi connectivity index (χ1n) is 6.95. The summed E-state index contributed by atoms with van der Waals surface area (Å²) in [5.41, 5.74) is 7.38. The molecule has 1 aromatic heterocycles. The Hall–Kier alpha value is -1.63. The normalized spacial score (nSPS) is 13.2. The van der Waals surface area contributed by atoms with Gasteiger partial charge in [0.05, 0.1) is 4.90 Å². The maximum absolute atomic E-state index is 12.1. The quantitative estimate of drug-likeness (QED) is 0.730. The van der Waals surface area contributed by atoms with Gasteiger partial charge in [0.25, 0.3) is 0 Å².